The zero-order valence-corrected chi connectivity index (χ0v) is 20.3. The largest absolute Gasteiger partial charge is 0.444 e. The van der Waals surface area contributed by atoms with Crippen molar-refractivity contribution in [3.8, 4) is 0 Å². The van der Waals surface area contributed by atoms with E-state index in [1.807, 2.05) is 35.2 Å². The fourth-order valence-corrected chi connectivity index (χ4v) is 4.71. The highest BCUT2D eigenvalue weighted by molar-refractivity contribution is 5.86. The minimum Gasteiger partial charge on any atom is -0.444 e. The molecule has 2 amide bonds. The van der Waals surface area contributed by atoms with Gasteiger partial charge in [0, 0.05) is 18.5 Å². The second-order valence-corrected chi connectivity index (χ2v) is 10.1. The first kappa shape index (κ1) is 24.0. The van der Waals surface area contributed by atoms with Gasteiger partial charge in [-0.1, -0.05) is 66.7 Å². The number of amides is 2. The maximum atomic E-state index is 13.4. The van der Waals surface area contributed by atoms with Gasteiger partial charge in [0.1, 0.15) is 11.6 Å². The third-order valence-corrected chi connectivity index (χ3v) is 6.43. The molecule has 4 rings (SSSR count). The number of allylic oxidation sites excluding steroid dienone is 1. The fraction of sp³-hybridized carbons (Fsp3) is 0.429. The topological polar surface area (TPSA) is 67.9 Å². The van der Waals surface area contributed by atoms with Gasteiger partial charge in [0.25, 0.3) is 0 Å². The molecule has 1 aliphatic carbocycles. The first-order valence-electron chi connectivity index (χ1n) is 11.9. The highest BCUT2D eigenvalue weighted by atomic mass is 16.6. The fourth-order valence-electron chi connectivity index (χ4n) is 4.71. The highest BCUT2D eigenvalue weighted by Crippen LogP contribution is 2.43. The summed E-state index contributed by atoms with van der Waals surface area (Å²) in [6.45, 7) is 7.10. The maximum Gasteiger partial charge on any atom is 0.408 e. The lowest BCUT2D eigenvalue weighted by Gasteiger charge is -2.40. The van der Waals surface area contributed by atoms with E-state index in [-0.39, 0.29) is 17.9 Å². The zero-order chi connectivity index (χ0) is 24.2. The molecule has 1 spiro atoms. The molecular formula is C28H34N2O4. The molecule has 2 aliphatic rings. The van der Waals surface area contributed by atoms with Crippen LogP contribution in [-0.2, 0) is 26.3 Å². The van der Waals surface area contributed by atoms with Crippen molar-refractivity contribution in [2.24, 2.45) is 0 Å². The van der Waals surface area contributed by atoms with Crippen LogP contribution in [0.2, 0.25) is 0 Å². The van der Waals surface area contributed by atoms with Crippen LogP contribution in [0.25, 0.3) is 6.08 Å². The van der Waals surface area contributed by atoms with E-state index in [1.165, 1.54) is 11.1 Å². The van der Waals surface area contributed by atoms with Crippen molar-refractivity contribution in [1.29, 1.82) is 0 Å². The average Bonchev–Trinajstić information content (AvgIpc) is 3.16. The number of ether oxygens (including phenoxy) is 2. The van der Waals surface area contributed by atoms with Crippen LogP contribution in [-0.4, -0.2) is 48.2 Å². The maximum absolute atomic E-state index is 13.4. The number of nitrogens with zero attached hydrogens (tertiary/aromatic N) is 1. The highest BCUT2D eigenvalue weighted by Gasteiger charge is 2.40. The lowest BCUT2D eigenvalue weighted by atomic mass is 9.74. The van der Waals surface area contributed by atoms with E-state index in [1.54, 1.807) is 20.8 Å². The van der Waals surface area contributed by atoms with E-state index >= 15 is 0 Å². The Morgan fingerprint density at radius 3 is 2.41 bits per heavy atom. The second-order valence-electron chi connectivity index (χ2n) is 10.1. The Labute approximate surface area is 201 Å². The summed E-state index contributed by atoms with van der Waals surface area (Å²) >= 11 is 0. The van der Waals surface area contributed by atoms with Crippen molar-refractivity contribution in [2.45, 2.75) is 57.3 Å². The molecule has 1 heterocycles. The Morgan fingerprint density at radius 2 is 1.71 bits per heavy atom. The van der Waals surface area contributed by atoms with E-state index in [4.69, 9.17) is 9.47 Å². The van der Waals surface area contributed by atoms with Gasteiger partial charge in [-0.2, -0.15) is 0 Å². The van der Waals surface area contributed by atoms with Gasteiger partial charge in [0.2, 0.25) is 5.91 Å². The summed E-state index contributed by atoms with van der Waals surface area (Å²) < 4.78 is 11.2. The van der Waals surface area contributed by atoms with Gasteiger partial charge >= 0.3 is 6.09 Å². The van der Waals surface area contributed by atoms with E-state index in [9.17, 15) is 9.59 Å². The summed E-state index contributed by atoms with van der Waals surface area (Å²) in [6, 6.07) is 17.4. The molecule has 0 bridgehead atoms. The first-order chi connectivity index (χ1) is 16.3. The molecule has 0 unspecified atom stereocenters. The van der Waals surface area contributed by atoms with Gasteiger partial charge in [-0.25, -0.2) is 4.79 Å². The van der Waals surface area contributed by atoms with Crippen LogP contribution >= 0.6 is 0 Å². The molecule has 0 aromatic heterocycles. The molecule has 180 valence electrons. The van der Waals surface area contributed by atoms with Crippen molar-refractivity contribution < 1.29 is 19.1 Å². The van der Waals surface area contributed by atoms with Crippen molar-refractivity contribution >= 4 is 18.1 Å². The minimum atomic E-state index is -0.806. The second kappa shape index (κ2) is 10.0. The van der Waals surface area contributed by atoms with Crippen LogP contribution < -0.4 is 5.32 Å². The summed E-state index contributed by atoms with van der Waals surface area (Å²) in [5.41, 5.74) is 2.96. The van der Waals surface area contributed by atoms with E-state index < -0.39 is 17.7 Å². The van der Waals surface area contributed by atoms with Crippen LogP contribution in [0.5, 0.6) is 0 Å². The predicted octanol–water partition coefficient (Wildman–Crippen LogP) is 4.68. The molecule has 34 heavy (non-hydrogen) atoms. The number of fused-ring (bicyclic) bond motifs is 2. The van der Waals surface area contributed by atoms with Gasteiger partial charge in [-0.05, 0) is 50.3 Å². The van der Waals surface area contributed by atoms with Crippen molar-refractivity contribution in [2.75, 3.05) is 19.7 Å². The number of rotatable bonds is 6. The van der Waals surface area contributed by atoms with E-state index in [0.29, 0.717) is 19.7 Å². The number of hydrogen-bond donors (Lipinski definition) is 1. The molecule has 2 aromatic rings. The third kappa shape index (κ3) is 5.68. The first-order valence-corrected chi connectivity index (χ1v) is 11.9. The molecule has 2 aromatic carbocycles. The number of nitrogens with one attached hydrogen (secondary N) is 1. The molecule has 6 heteroatoms. The molecule has 1 aliphatic heterocycles. The Bertz CT molecular complexity index is 1030. The summed E-state index contributed by atoms with van der Waals surface area (Å²) in [7, 11) is 0. The van der Waals surface area contributed by atoms with Gasteiger partial charge in [0.05, 0.1) is 13.2 Å². The van der Waals surface area contributed by atoms with Crippen LogP contribution in [0.15, 0.2) is 60.7 Å². The van der Waals surface area contributed by atoms with Gasteiger partial charge < -0.3 is 19.7 Å². The third-order valence-electron chi connectivity index (χ3n) is 6.43. The Balaban J connectivity index is 1.40. The standard InChI is InChI=1S/C28H34N2O4/c1-27(2,3)34-26(32)29-24(20-33-19-21-9-5-4-6-10-21)25(31)30-17-15-28(16-18-30)14-13-22-11-7-8-12-23(22)28/h4-14,24H,15-20H2,1-3H3,(H,29,32)/t24-/m1/s1. The molecule has 1 atom stereocenters. The minimum absolute atomic E-state index is 0.00866. The molecular weight excluding hydrogens is 428 g/mol. The Hall–Kier alpha value is -3.12. The summed E-state index contributed by atoms with van der Waals surface area (Å²) in [5.74, 6) is -0.135. The number of benzene rings is 2. The Morgan fingerprint density at radius 1 is 1.03 bits per heavy atom. The lowest BCUT2D eigenvalue weighted by Crippen LogP contribution is -2.54. The number of carbonyl (C=O) groups excluding carboxylic acids is 2. The number of carbonyl (C=O) groups is 2. The van der Waals surface area contributed by atoms with E-state index in [2.05, 4.69) is 41.7 Å². The van der Waals surface area contributed by atoms with Crippen LogP contribution in [0, 0.1) is 0 Å². The SMILES string of the molecule is CC(C)(C)OC(=O)N[C@H](COCc1ccccc1)C(=O)N1CCC2(C=Cc3ccccc32)CC1. The monoisotopic (exact) mass is 462 g/mol. The molecule has 1 saturated heterocycles. The molecule has 1 N–H and O–H groups in total. The zero-order valence-electron chi connectivity index (χ0n) is 20.3. The molecule has 1 fully saturated rings. The van der Waals surface area contributed by atoms with Crippen molar-refractivity contribution in [3.63, 3.8) is 0 Å². The Kier molecular flexibility index (Phi) is 7.08. The average molecular weight is 463 g/mol. The predicted molar refractivity (Wildman–Crippen MR) is 132 cm³/mol. The van der Waals surface area contributed by atoms with Crippen molar-refractivity contribution in [1.82, 2.24) is 10.2 Å². The smallest absolute Gasteiger partial charge is 0.408 e. The van der Waals surface area contributed by atoms with E-state index in [0.717, 1.165) is 18.4 Å². The van der Waals surface area contributed by atoms with Crippen molar-refractivity contribution in [3.05, 3.63) is 77.4 Å². The normalized spacial score (nSPS) is 17.3. The summed E-state index contributed by atoms with van der Waals surface area (Å²) in [5, 5.41) is 2.74. The number of piperidine rings is 1. The van der Waals surface area contributed by atoms with Gasteiger partial charge in [-0.15, -0.1) is 0 Å². The summed E-state index contributed by atoms with van der Waals surface area (Å²) in [4.78, 5) is 27.8. The lowest BCUT2D eigenvalue weighted by molar-refractivity contribution is -0.136. The van der Waals surface area contributed by atoms with Crippen LogP contribution in [0.4, 0.5) is 4.79 Å². The summed E-state index contributed by atoms with van der Waals surface area (Å²) in [6.07, 6.45) is 5.58. The molecule has 0 radical (unpaired) electrons. The van der Waals surface area contributed by atoms with Crippen LogP contribution in [0.1, 0.15) is 50.3 Å². The number of hydrogen-bond acceptors (Lipinski definition) is 4. The number of likely N-dealkylation sites (tertiary alicyclic amines) is 1. The van der Waals surface area contributed by atoms with Gasteiger partial charge in [0.15, 0.2) is 0 Å². The quantitative estimate of drug-likeness (QED) is 0.677. The molecule has 6 nitrogen and oxygen atoms in total. The van der Waals surface area contributed by atoms with Gasteiger partial charge in [-0.3, -0.25) is 4.79 Å². The van der Waals surface area contributed by atoms with Crippen LogP contribution in [0.3, 0.4) is 0 Å². The molecule has 0 saturated carbocycles. The number of alkyl carbamates (subject to hydrolysis) is 1.